The van der Waals surface area contributed by atoms with Gasteiger partial charge in [-0.1, -0.05) is 6.07 Å². The van der Waals surface area contributed by atoms with Gasteiger partial charge in [0, 0.05) is 44.9 Å². The molecule has 1 aliphatic rings. The van der Waals surface area contributed by atoms with E-state index in [0.717, 1.165) is 6.07 Å². The zero-order valence-corrected chi connectivity index (χ0v) is 13.5. The molecule has 0 unspecified atom stereocenters. The standard InChI is InChI=1S/C16H22F2N2O4/c1-24-9-15(22)19-10-16(23)4-5-20(8-14(16)21)7-11-2-3-12(17)6-13(11)18/h2-3,6,14,21,23H,4-5,7-10H2,1H3,(H,19,22)/t14-,16-/m1/s1. The number of aliphatic hydroxyl groups excluding tert-OH is 1. The van der Waals surface area contributed by atoms with E-state index in [-0.39, 0.29) is 38.6 Å². The number of rotatable bonds is 6. The first-order valence-electron chi connectivity index (χ1n) is 7.66. The molecule has 2 rings (SSSR count). The molecule has 0 aromatic heterocycles. The van der Waals surface area contributed by atoms with Crippen LogP contribution in [0.5, 0.6) is 0 Å². The molecule has 6 nitrogen and oxygen atoms in total. The quantitative estimate of drug-likeness (QED) is 0.678. The van der Waals surface area contributed by atoms with Crippen LogP contribution in [0.15, 0.2) is 18.2 Å². The average molecular weight is 344 g/mol. The third kappa shape index (κ3) is 4.70. The monoisotopic (exact) mass is 344 g/mol. The topological polar surface area (TPSA) is 82.0 Å². The second-order valence-electron chi connectivity index (χ2n) is 6.05. The predicted molar refractivity (Wildman–Crippen MR) is 82.1 cm³/mol. The number of nitrogens with zero attached hydrogens (tertiary/aromatic N) is 1. The second-order valence-corrected chi connectivity index (χ2v) is 6.05. The summed E-state index contributed by atoms with van der Waals surface area (Å²) in [5.41, 5.74) is -1.12. The summed E-state index contributed by atoms with van der Waals surface area (Å²) in [5, 5.41) is 23.2. The van der Waals surface area contributed by atoms with Crippen LogP contribution in [0, 0.1) is 11.6 Å². The fourth-order valence-electron chi connectivity index (χ4n) is 2.70. The first kappa shape index (κ1) is 18.7. The van der Waals surface area contributed by atoms with Crippen LogP contribution in [0.25, 0.3) is 0 Å². The molecule has 1 amide bonds. The van der Waals surface area contributed by atoms with Gasteiger partial charge in [0.05, 0.1) is 6.10 Å². The van der Waals surface area contributed by atoms with E-state index in [4.69, 9.17) is 0 Å². The van der Waals surface area contributed by atoms with Crippen molar-refractivity contribution in [2.24, 2.45) is 0 Å². The Labute approximate surface area is 139 Å². The SMILES string of the molecule is COCC(=O)NC[C@]1(O)CCN(Cc2ccc(F)cc2F)C[C@H]1O. The molecule has 8 heteroatoms. The summed E-state index contributed by atoms with van der Waals surface area (Å²) in [6, 6.07) is 3.36. The maximum atomic E-state index is 13.7. The first-order chi connectivity index (χ1) is 11.3. The van der Waals surface area contributed by atoms with Gasteiger partial charge in [0.15, 0.2) is 0 Å². The number of carbonyl (C=O) groups is 1. The number of piperidine rings is 1. The molecule has 3 N–H and O–H groups in total. The largest absolute Gasteiger partial charge is 0.389 e. The number of carbonyl (C=O) groups excluding carboxylic acids is 1. The van der Waals surface area contributed by atoms with Gasteiger partial charge in [0.1, 0.15) is 23.8 Å². The van der Waals surface area contributed by atoms with Crippen LogP contribution in [0.2, 0.25) is 0 Å². The van der Waals surface area contributed by atoms with E-state index in [9.17, 15) is 23.8 Å². The van der Waals surface area contributed by atoms with Crippen LogP contribution in [0.1, 0.15) is 12.0 Å². The Morgan fingerprint density at radius 2 is 2.25 bits per heavy atom. The number of ether oxygens (including phenoxy) is 1. The number of nitrogens with one attached hydrogen (secondary N) is 1. The van der Waals surface area contributed by atoms with Gasteiger partial charge >= 0.3 is 0 Å². The van der Waals surface area contributed by atoms with Gasteiger partial charge in [-0.15, -0.1) is 0 Å². The molecular formula is C16H22F2N2O4. The van der Waals surface area contributed by atoms with Gasteiger partial charge in [-0.25, -0.2) is 8.78 Å². The molecule has 2 atom stereocenters. The van der Waals surface area contributed by atoms with Crippen molar-refractivity contribution in [3.05, 3.63) is 35.4 Å². The molecular weight excluding hydrogens is 322 g/mol. The second kappa shape index (κ2) is 7.98. The van der Waals surface area contributed by atoms with E-state index in [1.54, 1.807) is 4.90 Å². The fraction of sp³-hybridized carbons (Fsp3) is 0.562. The number of β-amino-alcohol motifs (C(OH)–C–C–N with tert-alkyl or cyclic N) is 1. The molecule has 1 heterocycles. The van der Waals surface area contributed by atoms with Gasteiger partial charge in [-0.3, -0.25) is 9.69 Å². The highest BCUT2D eigenvalue weighted by molar-refractivity contribution is 5.77. The number of halogens is 2. The van der Waals surface area contributed by atoms with Gasteiger partial charge in [-0.05, 0) is 12.5 Å². The zero-order chi connectivity index (χ0) is 17.7. The molecule has 0 saturated carbocycles. The maximum Gasteiger partial charge on any atom is 0.246 e. The van der Waals surface area contributed by atoms with Crippen molar-refractivity contribution in [3.63, 3.8) is 0 Å². The van der Waals surface area contributed by atoms with Crippen LogP contribution in [-0.4, -0.2) is 66.1 Å². The van der Waals surface area contributed by atoms with Gasteiger partial charge in [0.25, 0.3) is 0 Å². The van der Waals surface area contributed by atoms with E-state index in [0.29, 0.717) is 12.1 Å². The van der Waals surface area contributed by atoms with Crippen molar-refractivity contribution < 1.29 is 28.5 Å². The summed E-state index contributed by atoms with van der Waals surface area (Å²) in [6.45, 7) is 0.518. The van der Waals surface area contributed by atoms with Gasteiger partial charge in [0.2, 0.25) is 5.91 Å². The molecule has 1 aromatic rings. The Balaban J connectivity index is 1.90. The molecule has 134 valence electrons. The summed E-state index contributed by atoms with van der Waals surface area (Å²) in [4.78, 5) is 13.2. The predicted octanol–water partition coefficient (Wildman–Crippen LogP) is 0.0251. The van der Waals surface area contributed by atoms with E-state index >= 15 is 0 Å². The number of methoxy groups -OCH3 is 1. The first-order valence-corrected chi connectivity index (χ1v) is 7.66. The zero-order valence-electron chi connectivity index (χ0n) is 13.5. The molecule has 24 heavy (non-hydrogen) atoms. The highest BCUT2D eigenvalue weighted by atomic mass is 19.1. The summed E-state index contributed by atoms with van der Waals surface area (Å²) >= 11 is 0. The number of amides is 1. The maximum absolute atomic E-state index is 13.7. The highest BCUT2D eigenvalue weighted by Crippen LogP contribution is 2.24. The molecule has 0 radical (unpaired) electrons. The summed E-state index contributed by atoms with van der Waals surface area (Å²) in [7, 11) is 1.39. The Morgan fingerprint density at radius 1 is 1.50 bits per heavy atom. The number of hydrogen-bond donors (Lipinski definition) is 3. The highest BCUT2D eigenvalue weighted by Gasteiger charge is 2.40. The van der Waals surface area contributed by atoms with Crippen molar-refractivity contribution >= 4 is 5.91 Å². The smallest absolute Gasteiger partial charge is 0.246 e. The minimum atomic E-state index is -1.44. The Kier molecular flexibility index (Phi) is 6.22. The van der Waals surface area contributed by atoms with Crippen LogP contribution in [-0.2, 0) is 16.1 Å². The van der Waals surface area contributed by atoms with Crippen LogP contribution < -0.4 is 5.32 Å². The number of aliphatic hydroxyl groups is 2. The van der Waals surface area contributed by atoms with Crippen LogP contribution >= 0.6 is 0 Å². The van der Waals surface area contributed by atoms with Crippen molar-refractivity contribution in [2.45, 2.75) is 24.7 Å². The van der Waals surface area contributed by atoms with E-state index < -0.39 is 23.3 Å². The van der Waals surface area contributed by atoms with Crippen molar-refractivity contribution in [1.82, 2.24) is 10.2 Å². The van der Waals surface area contributed by atoms with Crippen molar-refractivity contribution in [2.75, 3.05) is 33.4 Å². The minimum Gasteiger partial charge on any atom is -0.389 e. The average Bonchev–Trinajstić information content (AvgIpc) is 2.52. The minimum absolute atomic E-state index is 0.0882. The van der Waals surface area contributed by atoms with Gasteiger partial charge in [-0.2, -0.15) is 0 Å². The lowest BCUT2D eigenvalue weighted by Gasteiger charge is -2.42. The normalized spacial score (nSPS) is 24.8. The van der Waals surface area contributed by atoms with E-state index in [1.165, 1.54) is 19.2 Å². The fourth-order valence-corrected chi connectivity index (χ4v) is 2.70. The summed E-state index contributed by atoms with van der Waals surface area (Å²) in [5.74, 6) is -1.66. The lowest BCUT2D eigenvalue weighted by atomic mass is 9.88. The Hall–Kier alpha value is -1.61. The molecule has 0 spiro atoms. The summed E-state index contributed by atoms with van der Waals surface area (Å²) < 4.78 is 31.3. The molecule has 0 bridgehead atoms. The molecule has 1 aromatic carbocycles. The third-order valence-corrected chi connectivity index (χ3v) is 4.19. The van der Waals surface area contributed by atoms with Crippen LogP contribution in [0.4, 0.5) is 8.78 Å². The number of benzene rings is 1. The third-order valence-electron chi connectivity index (χ3n) is 4.19. The van der Waals surface area contributed by atoms with Crippen LogP contribution in [0.3, 0.4) is 0 Å². The summed E-state index contributed by atoms with van der Waals surface area (Å²) in [6.07, 6.45) is -0.887. The Morgan fingerprint density at radius 3 is 2.88 bits per heavy atom. The van der Waals surface area contributed by atoms with Gasteiger partial charge < -0.3 is 20.3 Å². The van der Waals surface area contributed by atoms with Crippen molar-refractivity contribution in [1.29, 1.82) is 0 Å². The van der Waals surface area contributed by atoms with E-state index in [1.807, 2.05) is 0 Å². The molecule has 1 aliphatic heterocycles. The molecule has 0 aliphatic carbocycles. The molecule has 1 fully saturated rings. The number of likely N-dealkylation sites (tertiary alicyclic amines) is 1. The van der Waals surface area contributed by atoms with E-state index in [2.05, 4.69) is 10.1 Å². The lowest BCUT2D eigenvalue weighted by Crippen LogP contribution is -2.60. The number of hydrogen-bond acceptors (Lipinski definition) is 5. The lowest BCUT2D eigenvalue weighted by molar-refractivity contribution is -0.134. The van der Waals surface area contributed by atoms with Crippen molar-refractivity contribution in [3.8, 4) is 0 Å². The molecule has 1 saturated heterocycles. The Bertz CT molecular complexity index is 587.